The molecule has 0 amide bonds. The van der Waals surface area contributed by atoms with E-state index in [0.717, 1.165) is 15.6 Å². The average molecular weight is 237 g/mol. The van der Waals surface area contributed by atoms with Crippen LogP contribution in [0.25, 0.3) is 5.57 Å². The van der Waals surface area contributed by atoms with Crippen molar-refractivity contribution in [3.8, 4) is 6.07 Å². The first-order chi connectivity index (χ1) is 6.06. The van der Waals surface area contributed by atoms with Gasteiger partial charge in [-0.2, -0.15) is 5.26 Å². The third kappa shape index (κ3) is 1.90. The van der Waals surface area contributed by atoms with Gasteiger partial charge in [0.1, 0.15) is 0 Å². The number of allylic oxidation sites excluding steroid dienone is 1. The molecule has 0 saturated heterocycles. The topological polar surface area (TPSA) is 49.8 Å². The maximum absolute atomic E-state index is 8.72. The minimum absolute atomic E-state index is 0.582. The van der Waals surface area contributed by atoms with Crippen LogP contribution in [0.15, 0.2) is 23.2 Å². The van der Waals surface area contributed by atoms with Gasteiger partial charge in [-0.25, -0.2) is 0 Å². The van der Waals surface area contributed by atoms with Crippen molar-refractivity contribution < 1.29 is 0 Å². The van der Waals surface area contributed by atoms with Crippen molar-refractivity contribution in [3.05, 3.63) is 34.3 Å². The molecule has 0 heterocycles. The lowest BCUT2D eigenvalue weighted by Crippen LogP contribution is -1.94. The molecule has 0 unspecified atom stereocenters. The van der Waals surface area contributed by atoms with Gasteiger partial charge in [0.05, 0.1) is 17.3 Å². The van der Waals surface area contributed by atoms with E-state index in [1.54, 1.807) is 12.1 Å². The van der Waals surface area contributed by atoms with E-state index < -0.39 is 0 Å². The molecule has 0 aliphatic heterocycles. The summed E-state index contributed by atoms with van der Waals surface area (Å²) in [6, 6.07) is 5.50. The number of hydrogen-bond donors (Lipinski definition) is 1. The quantitative estimate of drug-likeness (QED) is 0.763. The molecule has 0 aliphatic carbocycles. The molecule has 0 aliphatic rings. The number of halogens is 1. The van der Waals surface area contributed by atoms with Gasteiger partial charge < -0.3 is 5.73 Å². The summed E-state index contributed by atoms with van der Waals surface area (Å²) in [6.07, 6.45) is 0. The van der Waals surface area contributed by atoms with Crippen LogP contribution in [-0.2, 0) is 0 Å². The zero-order valence-electron chi connectivity index (χ0n) is 7.26. The fourth-order valence-corrected chi connectivity index (χ4v) is 1.50. The fraction of sp³-hybridized carbons (Fsp3) is 0.100. The number of nitrogens with zero attached hydrogens (tertiary/aromatic N) is 1. The summed E-state index contributed by atoms with van der Waals surface area (Å²) in [7, 11) is 0. The highest BCUT2D eigenvalue weighted by molar-refractivity contribution is 9.10. The van der Waals surface area contributed by atoms with Gasteiger partial charge in [-0.3, -0.25) is 0 Å². The van der Waals surface area contributed by atoms with E-state index in [1.165, 1.54) is 0 Å². The Balaban J connectivity index is 3.44. The smallest absolute Gasteiger partial charge is 0.0992 e. The highest BCUT2D eigenvalue weighted by Gasteiger charge is 2.06. The summed E-state index contributed by atoms with van der Waals surface area (Å²) in [5.74, 6) is 0. The molecule has 0 atom stereocenters. The second-order valence-corrected chi connectivity index (χ2v) is 3.67. The summed E-state index contributed by atoms with van der Waals surface area (Å²) < 4.78 is 0.740. The number of benzene rings is 1. The standard InChI is InChI=1S/C10H9BrN2/c1-6(2)8-3-7(5-12)4-9(11)10(8)13/h3-4H,1,13H2,2H3. The summed E-state index contributed by atoms with van der Waals surface area (Å²) in [6.45, 7) is 5.65. The van der Waals surface area contributed by atoms with Crippen LogP contribution >= 0.6 is 15.9 Å². The lowest BCUT2D eigenvalue weighted by atomic mass is 10.0. The minimum Gasteiger partial charge on any atom is -0.397 e. The van der Waals surface area contributed by atoms with Crippen LogP contribution < -0.4 is 5.73 Å². The SMILES string of the molecule is C=C(C)c1cc(C#N)cc(Br)c1N. The van der Waals surface area contributed by atoms with Gasteiger partial charge in [-0.15, -0.1) is 0 Å². The maximum atomic E-state index is 8.72. The summed E-state index contributed by atoms with van der Waals surface area (Å²) in [5, 5.41) is 8.72. The van der Waals surface area contributed by atoms with Gasteiger partial charge in [0, 0.05) is 10.0 Å². The van der Waals surface area contributed by atoms with Crippen LogP contribution in [0.2, 0.25) is 0 Å². The van der Waals surface area contributed by atoms with Gasteiger partial charge in [0.15, 0.2) is 0 Å². The van der Waals surface area contributed by atoms with Crippen molar-refractivity contribution in [2.75, 3.05) is 5.73 Å². The number of nitriles is 1. The molecule has 1 aromatic carbocycles. The van der Waals surface area contributed by atoms with Crippen LogP contribution in [0.4, 0.5) is 5.69 Å². The van der Waals surface area contributed by atoms with E-state index in [2.05, 4.69) is 28.6 Å². The maximum Gasteiger partial charge on any atom is 0.0992 e. The Bertz CT molecular complexity index is 402. The Morgan fingerprint density at radius 3 is 2.69 bits per heavy atom. The fourth-order valence-electron chi connectivity index (χ4n) is 1.04. The molecule has 3 heteroatoms. The molecule has 13 heavy (non-hydrogen) atoms. The Morgan fingerprint density at radius 2 is 2.23 bits per heavy atom. The molecule has 66 valence electrons. The first-order valence-corrected chi connectivity index (χ1v) is 4.50. The van der Waals surface area contributed by atoms with Crippen molar-refractivity contribution in [1.29, 1.82) is 5.26 Å². The monoisotopic (exact) mass is 236 g/mol. The molecular weight excluding hydrogens is 228 g/mol. The Hall–Kier alpha value is -1.27. The number of rotatable bonds is 1. The molecule has 0 aromatic heterocycles. The van der Waals surface area contributed by atoms with Gasteiger partial charge >= 0.3 is 0 Å². The van der Waals surface area contributed by atoms with Crippen molar-refractivity contribution in [2.24, 2.45) is 0 Å². The Kier molecular flexibility index (Phi) is 2.74. The second-order valence-electron chi connectivity index (χ2n) is 2.81. The molecule has 0 bridgehead atoms. The van der Waals surface area contributed by atoms with E-state index in [1.807, 2.05) is 6.92 Å². The highest BCUT2D eigenvalue weighted by Crippen LogP contribution is 2.29. The molecular formula is C10H9BrN2. The van der Waals surface area contributed by atoms with Crippen LogP contribution in [-0.4, -0.2) is 0 Å². The first kappa shape index (κ1) is 9.82. The number of anilines is 1. The van der Waals surface area contributed by atoms with Crippen LogP contribution in [0, 0.1) is 11.3 Å². The van der Waals surface area contributed by atoms with Gasteiger partial charge in [0.2, 0.25) is 0 Å². The lowest BCUT2D eigenvalue weighted by molar-refractivity contribution is 1.45. The van der Waals surface area contributed by atoms with Crippen molar-refractivity contribution >= 4 is 27.2 Å². The zero-order chi connectivity index (χ0) is 10.0. The van der Waals surface area contributed by atoms with Crippen LogP contribution in [0.1, 0.15) is 18.1 Å². The molecule has 2 N–H and O–H groups in total. The predicted octanol–water partition coefficient (Wildman–Crippen LogP) is 2.94. The van der Waals surface area contributed by atoms with Gasteiger partial charge in [-0.05, 0) is 40.6 Å². The van der Waals surface area contributed by atoms with Crippen molar-refractivity contribution in [1.82, 2.24) is 0 Å². The minimum atomic E-state index is 0.582. The lowest BCUT2D eigenvalue weighted by Gasteiger charge is -2.07. The molecule has 0 spiro atoms. The molecule has 0 saturated carbocycles. The summed E-state index contributed by atoms with van der Waals surface area (Å²) in [4.78, 5) is 0. The van der Waals surface area contributed by atoms with Crippen molar-refractivity contribution in [3.63, 3.8) is 0 Å². The molecule has 1 rings (SSSR count). The Labute approximate surface area is 85.8 Å². The largest absolute Gasteiger partial charge is 0.397 e. The van der Waals surface area contributed by atoms with Crippen LogP contribution in [0.3, 0.4) is 0 Å². The van der Waals surface area contributed by atoms with E-state index in [4.69, 9.17) is 11.0 Å². The number of nitrogens with two attached hydrogens (primary N) is 1. The van der Waals surface area contributed by atoms with Crippen LogP contribution in [0.5, 0.6) is 0 Å². The molecule has 2 nitrogen and oxygen atoms in total. The number of hydrogen-bond acceptors (Lipinski definition) is 2. The first-order valence-electron chi connectivity index (χ1n) is 3.71. The van der Waals surface area contributed by atoms with E-state index >= 15 is 0 Å². The highest BCUT2D eigenvalue weighted by atomic mass is 79.9. The third-order valence-corrected chi connectivity index (χ3v) is 2.37. The van der Waals surface area contributed by atoms with E-state index in [9.17, 15) is 0 Å². The summed E-state index contributed by atoms with van der Waals surface area (Å²) >= 11 is 3.29. The number of nitrogen functional groups attached to an aromatic ring is 1. The Morgan fingerprint density at radius 1 is 1.62 bits per heavy atom. The van der Waals surface area contributed by atoms with E-state index in [0.29, 0.717) is 11.3 Å². The van der Waals surface area contributed by atoms with Gasteiger partial charge in [0.25, 0.3) is 0 Å². The van der Waals surface area contributed by atoms with Crippen molar-refractivity contribution in [2.45, 2.75) is 6.92 Å². The molecule has 0 fully saturated rings. The molecule has 0 radical (unpaired) electrons. The van der Waals surface area contributed by atoms with Gasteiger partial charge in [-0.1, -0.05) is 6.58 Å². The third-order valence-electron chi connectivity index (χ3n) is 1.72. The zero-order valence-corrected chi connectivity index (χ0v) is 8.85. The van der Waals surface area contributed by atoms with E-state index in [-0.39, 0.29) is 0 Å². The second kappa shape index (κ2) is 3.63. The summed E-state index contributed by atoms with van der Waals surface area (Å²) in [5.41, 5.74) is 8.69. The average Bonchev–Trinajstić information content (AvgIpc) is 2.09. The molecule has 1 aromatic rings. The normalized spacial score (nSPS) is 9.31. The predicted molar refractivity (Wildman–Crippen MR) is 58.0 cm³/mol.